The summed E-state index contributed by atoms with van der Waals surface area (Å²) in [4.78, 5) is 0. The molecular weight excluding hydrogens is 265 g/mol. The molecule has 0 unspecified atom stereocenters. The molecule has 0 amide bonds. The van der Waals surface area contributed by atoms with Gasteiger partial charge in [-0.3, -0.25) is 0 Å². The third-order valence-electron chi connectivity index (χ3n) is 3.55. The third-order valence-corrected chi connectivity index (χ3v) is 3.55. The number of rotatable bonds is 2. The summed E-state index contributed by atoms with van der Waals surface area (Å²) in [6.07, 6.45) is 1.76. The fraction of sp³-hybridized carbons (Fsp3) is 0.118. The van der Waals surface area contributed by atoms with Crippen molar-refractivity contribution in [2.45, 2.75) is 13.8 Å². The van der Waals surface area contributed by atoms with Crippen molar-refractivity contribution in [2.75, 3.05) is 5.73 Å². The minimum atomic E-state index is -0.252. The lowest BCUT2D eigenvalue weighted by atomic mass is 10.1. The highest BCUT2D eigenvalue weighted by Gasteiger charge is 2.12. The summed E-state index contributed by atoms with van der Waals surface area (Å²) in [7, 11) is 0. The van der Waals surface area contributed by atoms with Gasteiger partial charge < -0.3 is 5.73 Å². The van der Waals surface area contributed by atoms with E-state index in [9.17, 15) is 4.39 Å². The monoisotopic (exact) mass is 281 g/mol. The van der Waals surface area contributed by atoms with Gasteiger partial charge in [-0.15, -0.1) is 0 Å². The molecule has 4 heteroatoms. The molecule has 2 aromatic carbocycles. The lowest BCUT2D eigenvalue weighted by Crippen LogP contribution is -1.97. The topological polar surface area (TPSA) is 43.8 Å². The number of aryl methyl sites for hydroxylation is 2. The molecule has 0 saturated carbocycles. The molecule has 0 aliphatic rings. The minimum absolute atomic E-state index is 0.252. The quantitative estimate of drug-likeness (QED) is 0.774. The van der Waals surface area contributed by atoms with E-state index in [1.54, 1.807) is 23.9 Å². The predicted molar refractivity (Wildman–Crippen MR) is 82.8 cm³/mol. The normalized spacial score (nSPS) is 10.8. The van der Waals surface area contributed by atoms with Crippen LogP contribution in [0.4, 0.5) is 10.1 Å². The fourth-order valence-corrected chi connectivity index (χ4v) is 2.30. The van der Waals surface area contributed by atoms with Gasteiger partial charge in [-0.05, 0) is 37.1 Å². The van der Waals surface area contributed by atoms with Gasteiger partial charge in [0.2, 0.25) is 0 Å². The number of nitrogens with zero attached hydrogens (tertiary/aromatic N) is 2. The van der Waals surface area contributed by atoms with Crippen molar-refractivity contribution < 1.29 is 4.39 Å². The van der Waals surface area contributed by atoms with Crippen molar-refractivity contribution in [3.63, 3.8) is 0 Å². The highest BCUT2D eigenvalue weighted by Crippen LogP contribution is 2.27. The molecular formula is C17H16FN3. The van der Waals surface area contributed by atoms with Crippen LogP contribution in [0.1, 0.15) is 11.1 Å². The van der Waals surface area contributed by atoms with Gasteiger partial charge in [0.05, 0.1) is 17.6 Å². The summed E-state index contributed by atoms with van der Waals surface area (Å²) in [5.74, 6) is -0.252. The molecule has 21 heavy (non-hydrogen) atoms. The number of benzene rings is 2. The Morgan fingerprint density at radius 2 is 1.81 bits per heavy atom. The van der Waals surface area contributed by atoms with E-state index < -0.39 is 0 Å². The summed E-state index contributed by atoms with van der Waals surface area (Å²) in [6.45, 7) is 3.74. The zero-order valence-corrected chi connectivity index (χ0v) is 12.0. The number of aromatic nitrogens is 2. The maximum absolute atomic E-state index is 13.7. The molecule has 0 aliphatic carbocycles. The van der Waals surface area contributed by atoms with Crippen LogP contribution in [0.2, 0.25) is 0 Å². The van der Waals surface area contributed by atoms with Crippen molar-refractivity contribution in [1.29, 1.82) is 0 Å². The van der Waals surface area contributed by atoms with E-state index in [0.29, 0.717) is 22.5 Å². The van der Waals surface area contributed by atoms with Crippen molar-refractivity contribution in [1.82, 2.24) is 9.78 Å². The van der Waals surface area contributed by atoms with Crippen LogP contribution in [-0.4, -0.2) is 9.78 Å². The van der Waals surface area contributed by atoms with E-state index in [2.05, 4.69) is 5.10 Å². The van der Waals surface area contributed by atoms with Gasteiger partial charge in [-0.2, -0.15) is 5.10 Å². The van der Waals surface area contributed by atoms with Crippen LogP contribution in [0.5, 0.6) is 0 Å². The number of anilines is 1. The van der Waals surface area contributed by atoms with Crippen LogP contribution in [0, 0.1) is 19.7 Å². The summed E-state index contributed by atoms with van der Waals surface area (Å²) in [5.41, 5.74) is 10.5. The van der Waals surface area contributed by atoms with Gasteiger partial charge in [-0.1, -0.05) is 30.3 Å². The Morgan fingerprint density at radius 1 is 1.05 bits per heavy atom. The number of halogens is 1. The van der Waals surface area contributed by atoms with E-state index in [4.69, 9.17) is 5.73 Å². The summed E-state index contributed by atoms with van der Waals surface area (Å²) >= 11 is 0. The average molecular weight is 281 g/mol. The molecule has 106 valence electrons. The van der Waals surface area contributed by atoms with E-state index in [1.165, 1.54) is 6.07 Å². The summed E-state index contributed by atoms with van der Waals surface area (Å²) < 4.78 is 15.4. The second-order valence-corrected chi connectivity index (χ2v) is 5.13. The van der Waals surface area contributed by atoms with Crippen molar-refractivity contribution in [2.24, 2.45) is 0 Å². The first-order valence-corrected chi connectivity index (χ1v) is 6.74. The second kappa shape index (κ2) is 5.05. The standard InChI is InChI=1S/C17H16FN3/c1-11-7-8-13(9-14(11)18)17-15(19)10-21(20-17)16-6-4-3-5-12(16)2/h3-10H,19H2,1-2H3. The highest BCUT2D eigenvalue weighted by molar-refractivity contribution is 5.72. The van der Waals surface area contributed by atoms with Crippen LogP contribution >= 0.6 is 0 Å². The molecule has 0 radical (unpaired) electrons. The molecule has 0 bridgehead atoms. The Labute approximate surface area is 122 Å². The first-order chi connectivity index (χ1) is 10.1. The molecule has 1 aromatic heterocycles. The predicted octanol–water partition coefficient (Wildman–Crippen LogP) is 3.88. The van der Waals surface area contributed by atoms with Crippen LogP contribution < -0.4 is 5.73 Å². The minimum Gasteiger partial charge on any atom is -0.396 e. The van der Waals surface area contributed by atoms with Crippen LogP contribution in [0.15, 0.2) is 48.7 Å². The number of nitrogen functional groups attached to an aromatic ring is 1. The Hall–Kier alpha value is -2.62. The van der Waals surface area contributed by atoms with Crippen molar-refractivity contribution in [3.05, 3.63) is 65.6 Å². The summed E-state index contributed by atoms with van der Waals surface area (Å²) in [5, 5.41) is 4.51. The highest BCUT2D eigenvalue weighted by atomic mass is 19.1. The lowest BCUT2D eigenvalue weighted by molar-refractivity contribution is 0.619. The van der Waals surface area contributed by atoms with Crippen LogP contribution in [0.25, 0.3) is 16.9 Å². The number of hydrogen-bond donors (Lipinski definition) is 1. The van der Waals surface area contributed by atoms with Gasteiger partial charge in [0.15, 0.2) is 0 Å². The van der Waals surface area contributed by atoms with E-state index in [-0.39, 0.29) is 5.82 Å². The first-order valence-electron chi connectivity index (χ1n) is 6.74. The number of nitrogens with two attached hydrogens (primary N) is 1. The molecule has 3 rings (SSSR count). The number of para-hydroxylation sites is 1. The second-order valence-electron chi connectivity index (χ2n) is 5.13. The molecule has 0 saturated heterocycles. The zero-order chi connectivity index (χ0) is 15.0. The van der Waals surface area contributed by atoms with Gasteiger partial charge in [0.25, 0.3) is 0 Å². The molecule has 0 spiro atoms. The van der Waals surface area contributed by atoms with E-state index in [0.717, 1.165) is 11.3 Å². The SMILES string of the molecule is Cc1ccc(-c2nn(-c3ccccc3C)cc2N)cc1F. The molecule has 3 nitrogen and oxygen atoms in total. The smallest absolute Gasteiger partial charge is 0.126 e. The molecule has 0 fully saturated rings. The fourth-order valence-electron chi connectivity index (χ4n) is 2.30. The van der Waals surface area contributed by atoms with Crippen LogP contribution in [-0.2, 0) is 0 Å². The van der Waals surface area contributed by atoms with Gasteiger partial charge in [0, 0.05) is 5.56 Å². The number of hydrogen-bond acceptors (Lipinski definition) is 2. The van der Waals surface area contributed by atoms with Crippen LogP contribution in [0.3, 0.4) is 0 Å². The Bertz CT molecular complexity index is 806. The molecule has 2 N–H and O–H groups in total. The molecule has 0 atom stereocenters. The van der Waals surface area contributed by atoms with Gasteiger partial charge >= 0.3 is 0 Å². The Kier molecular flexibility index (Phi) is 3.22. The third kappa shape index (κ3) is 2.40. The Morgan fingerprint density at radius 3 is 2.52 bits per heavy atom. The van der Waals surface area contributed by atoms with E-state index >= 15 is 0 Å². The Balaban J connectivity index is 2.10. The molecule has 0 aliphatic heterocycles. The zero-order valence-electron chi connectivity index (χ0n) is 12.0. The maximum Gasteiger partial charge on any atom is 0.126 e. The van der Waals surface area contributed by atoms with E-state index in [1.807, 2.05) is 37.3 Å². The average Bonchev–Trinajstić information content (AvgIpc) is 2.84. The van der Waals surface area contributed by atoms with Gasteiger partial charge in [0.1, 0.15) is 11.5 Å². The van der Waals surface area contributed by atoms with Gasteiger partial charge in [-0.25, -0.2) is 9.07 Å². The lowest BCUT2D eigenvalue weighted by Gasteiger charge is -2.04. The molecule has 1 heterocycles. The largest absolute Gasteiger partial charge is 0.396 e. The van der Waals surface area contributed by atoms with Crippen molar-refractivity contribution in [3.8, 4) is 16.9 Å². The first kappa shape index (κ1) is 13.4. The van der Waals surface area contributed by atoms with Crippen molar-refractivity contribution >= 4 is 5.69 Å². The maximum atomic E-state index is 13.7. The molecule has 3 aromatic rings. The summed E-state index contributed by atoms with van der Waals surface area (Å²) in [6, 6.07) is 12.9.